The summed E-state index contributed by atoms with van der Waals surface area (Å²) >= 11 is 0. The first-order valence-electron chi connectivity index (χ1n) is 4.16. The van der Waals surface area contributed by atoms with Crippen LogP contribution in [0.2, 0.25) is 0 Å². The Balaban J connectivity index is 2.37. The molecule has 1 fully saturated rings. The molecule has 0 amide bonds. The molecule has 0 spiro atoms. The van der Waals surface area contributed by atoms with Gasteiger partial charge in [-0.1, -0.05) is 5.92 Å². The lowest BCUT2D eigenvalue weighted by atomic mass is 10.2. The quantitative estimate of drug-likeness (QED) is 0.475. The van der Waals surface area contributed by atoms with Gasteiger partial charge in [0.15, 0.2) is 0 Å². The fourth-order valence-corrected chi connectivity index (χ4v) is 1.30. The Hall–Kier alpha value is -1.01. The zero-order chi connectivity index (χ0) is 8.97. The number of nitrogens with one attached hydrogen (secondary N) is 1. The number of hydrogen-bond donors (Lipinski definition) is 1. The first-order valence-corrected chi connectivity index (χ1v) is 4.16. The molecule has 66 valence electrons. The van der Waals surface area contributed by atoms with Gasteiger partial charge in [0, 0.05) is 0 Å². The van der Waals surface area contributed by atoms with E-state index in [1.54, 1.807) is 6.92 Å². The zero-order valence-electron chi connectivity index (χ0n) is 7.17. The molecule has 1 N–H and O–H groups in total. The summed E-state index contributed by atoms with van der Waals surface area (Å²) in [5, 5.41) is 3.01. The van der Waals surface area contributed by atoms with Crippen molar-refractivity contribution < 1.29 is 9.53 Å². The van der Waals surface area contributed by atoms with Gasteiger partial charge >= 0.3 is 5.97 Å². The van der Waals surface area contributed by atoms with Crippen LogP contribution in [0.4, 0.5) is 0 Å². The van der Waals surface area contributed by atoms with Gasteiger partial charge in [-0.3, -0.25) is 10.1 Å². The highest BCUT2D eigenvalue weighted by Gasteiger charge is 2.28. The Morgan fingerprint density at radius 1 is 1.75 bits per heavy atom. The fraction of sp³-hybridized carbons (Fsp3) is 0.667. The van der Waals surface area contributed by atoms with Crippen molar-refractivity contribution in [3.8, 4) is 12.3 Å². The standard InChI is InChI=1S/C9H13NO2/c1-3-7-5-6-8(10-7)9(11)12-4-2/h1,7-8,10H,4-6H2,2H3. The molecule has 2 unspecified atom stereocenters. The van der Waals surface area contributed by atoms with Crippen LogP contribution in [0.1, 0.15) is 19.8 Å². The van der Waals surface area contributed by atoms with Gasteiger partial charge in [-0.05, 0) is 19.8 Å². The highest BCUT2D eigenvalue weighted by Crippen LogP contribution is 2.12. The van der Waals surface area contributed by atoms with Gasteiger partial charge in [-0.15, -0.1) is 6.42 Å². The molecule has 1 heterocycles. The van der Waals surface area contributed by atoms with Crippen LogP contribution in [0, 0.1) is 12.3 Å². The van der Waals surface area contributed by atoms with Gasteiger partial charge in [-0.25, -0.2) is 0 Å². The van der Waals surface area contributed by atoms with Crippen LogP contribution in [-0.4, -0.2) is 24.7 Å². The van der Waals surface area contributed by atoms with Crippen molar-refractivity contribution in [2.24, 2.45) is 0 Å². The summed E-state index contributed by atoms with van der Waals surface area (Å²) in [5.41, 5.74) is 0. The van der Waals surface area contributed by atoms with E-state index in [1.165, 1.54) is 0 Å². The normalized spacial score (nSPS) is 28.0. The molecule has 0 aromatic carbocycles. The van der Waals surface area contributed by atoms with E-state index in [1.807, 2.05) is 0 Å². The summed E-state index contributed by atoms with van der Waals surface area (Å²) in [4.78, 5) is 11.2. The van der Waals surface area contributed by atoms with Crippen LogP contribution in [0.25, 0.3) is 0 Å². The number of rotatable bonds is 2. The summed E-state index contributed by atoms with van der Waals surface area (Å²) in [5.74, 6) is 2.39. The van der Waals surface area contributed by atoms with E-state index in [0.29, 0.717) is 6.61 Å². The molecule has 12 heavy (non-hydrogen) atoms. The second kappa shape index (κ2) is 4.13. The number of carbonyl (C=O) groups is 1. The summed E-state index contributed by atoms with van der Waals surface area (Å²) < 4.78 is 4.85. The maximum absolute atomic E-state index is 11.2. The molecule has 3 nitrogen and oxygen atoms in total. The lowest BCUT2D eigenvalue weighted by molar-refractivity contribution is -0.145. The number of terminal acetylenes is 1. The minimum absolute atomic E-state index is 0.0411. The predicted octanol–water partition coefficient (Wildman–Crippen LogP) is 0.303. The molecule has 2 atom stereocenters. The largest absolute Gasteiger partial charge is 0.465 e. The summed E-state index contributed by atoms with van der Waals surface area (Å²) in [7, 11) is 0. The van der Waals surface area contributed by atoms with Crippen molar-refractivity contribution in [2.45, 2.75) is 31.8 Å². The molecule has 1 aliphatic rings. The van der Waals surface area contributed by atoms with E-state index in [2.05, 4.69) is 11.2 Å². The summed E-state index contributed by atoms with van der Waals surface area (Å²) in [6.07, 6.45) is 6.85. The summed E-state index contributed by atoms with van der Waals surface area (Å²) in [6, 6.07) is -0.148. The highest BCUT2D eigenvalue weighted by atomic mass is 16.5. The van der Waals surface area contributed by atoms with E-state index in [-0.39, 0.29) is 18.1 Å². The van der Waals surface area contributed by atoms with Crippen LogP contribution < -0.4 is 5.32 Å². The molecule has 3 heteroatoms. The third-order valence-electron chi connectivity index (χ3n) is 1.92. The Bertz CT molecular complexity index is 207. The topological polar surface area (TPSA) is 38.3 Å². The third-order valence-corrected chi connectivity index (χ3v) is 1.92. The smallest absolute Gasteiger partial charge is 0.323 e. The Kier molecular flexibility index (Phi) is 3.12. The first-order chi connectivity index (χ1) is 5.77. The molecule has 0 aromatic rings. The number of hydrogen-bond acceptors (Lipinski definition) is 3. The number of esters is 1. The molecule has 0 saturated carbocycles. The Labute approximate surface area is 72.5 Å². The van der Waals surface area contributed by atoms with Gasteiger partial charge < -0.3 is 4.74 Å². The molecule has 1 rings (SSSR count). The number of ether oxygens (including phenoxy) is 1. The Morgan fingerprint density at radius 2 is 2.50 bits per heavy atom. The van der Waals surface area contributed by atoms with Crippen LogP contribution in [0.15, 0.2) is 0 Å². The second-order valence-electron chi connectivity index (χ2n) is 2.77. The second-order valence-corrected chi connectivity index (χ2v) is 2.77. The number of carbonyl (C=O) groups excluding carboxylic acids is 1. The van der Waals surface area contributed by atoms with Crippen molar-refractivity contribution >= 4 is 5.97 Å². The van der Waals surface area contributed by atoms with Crippen molar-refractivity contribution in [3.05, 3.63) is 0 Å². The minimum atomic E-state index is -0.189. The molecule has 1 saturated heterocycles. The molecule has 0 radical (unpaired) electrons. The van der Waals surface area contributed by atoms with Gasteiger partial charge in [0.1, 0.15) is 6.04 Å². The molecule has 0 bridgehead atoms. The zero-order valence-corrected chi connectivity index (χ0v) is 7.17. The monoisotopic (exact) mass is 167 g/mol. The third kappa shape index (κ3) is 1.99. The SMILES string of the molecule is C#CC1CCC(C(=O)OCC)N1. The van der Waals surface area contributed by atoms with E-state index in [4.69, 9.17) is 11.2 Å². The molecular weight excluding hydrogens is 154 g/mol. The van der Waals surface area contributed by atoms with E-state index in [0.717, 1.165) is 12.8 Å². The van der Waals surface area contributed by atoms with Crippen molar-refractivity contribution in [3.63, 3.8) is 0 Å². The van der Waals surface area contributed by atoms with Crippen LogP contribution in [0.5, 0.6) is 0 Å². The molecule has 0 aromatic heterocycles. The first kappa shape index (κ1) is 9.08. The van der Waals surface area contributed by atoms with Gasteiger partial charge in [-0.2, -0.15) is 0 Å². The van der Waals surface area contributed by atoms with Gasteiger partial charge in [0.2, 0.25) is 0 Å². The highest BCUT2D eigenvalue weighted by molar-refractivity contribution is 5.76. The van der Waals surface area contributed by atoms with E-state index >= 15 is 0 Å². The van der Waals surface area contributed by atoms with Crippen molar-refractivity contribution in [2.75, 3.05) is 6.61 Å². The van der Waals surface area contributed by atoms with Crippen molar-refractivity contribution in [1.29, 1.82) is 0 Å². The lowest BCUT2D eigenvalue weighted by Gasteiger charge is -2.09. The van der Waals surface area contributed by atoms with Crippen LogP contribution in [0.3, 0.4) is 0 Å². The lowest BCUT2D eigenvalue weighted by Crippen LogP contribution is -2.36. The fourth-order valence-electron chi connectivity index (χ4n) is 1.30. The van der Waals surface area contributed by atoms with E-state index < -0.39 is 0 Å². The Morgan fingerprint density at radius 3 is 3.00 bits per heavy atom. The summed E-state index contributed by atoms with van der Waals surface area (Å²) in [6.45, 7) is 2.23. The average Bonchev–Trinajstić information content (AvgIpc) is 2.52. The maximum atomic E-state index is 11.2. The molecule has 0 aliphatic carbocycles. The van der Waals surface area contributed by atoms with Gasteiger partial charge in [0.05, 0.1) is 12.6 Å². The van der Waals surface area contributed by atoms with Crippen LogP contribution >= 0.6 is 0 Å². The molecular formula is C9H13NO2. The van der Waals surface area contributed by atoms with Gasteiger partial charge in [0.25, 0.3) is 0 Å². The van der Waals surface area contributed by atoms with Crippen molar-refractivity contribution in [1.82, 2.24) is 5.32 Å². The molecule has 1 aliphatic heterocycles. The predicted molar refractivity (Wildman–Crippen MR) is 45.4 cm³/mol. The average molecular weight is 167 g/mol. The van der Waals surface area contributed by atoms with E-state index in [9.17, 15) is 4.79 Å². The maximum Gasteiger partial charge on any atom is 0.323 e. The minimum Gasteiger partial charge on any atom is -0.465 e. The van der Waals surface area contributed by atoms with Crippen LogP contribution in [-0.2, 0) is 9.53 Å².